The molecule has 0 aliphatic carbocycles. The van der Waals surface area contributed by atoms with E-state index in [0.717, 1.165) is 41.2 Å². The number of benzene rings is 2. The lowest BCUT2D eigenvalue weighted by Gasteiger charge is -2.10. The van der Waals surface area contributed by atoms with E-state index in [2.05, 4.69) is 10.4 Å². The Balaban J connectivity index is 0.000000384. The number of alkyl halides is 8. The molecular formula is C25H25F8N5O5. The predicted molar refractivity (Wildman–Crippen MR) is 128 cm³/mol. The Morgan fingerprint density at radius 2 is 1.44 bits per heavy atom. The molecule has 0 unspecified atom stereocenters. The highest BCUT2D eigenvalue weighted by Crippen LogP contribution is 2.19. The number of hydrogen-bond acceptors (Lipinski definition) is 6. The average molecular weight is 627 g/mol. The summed E-state index contributed by atoms with van der Waals surface area (Å²) in [5, 5.41) is 25.1. The number of nitrogens with two attached hydrogens (primary N) is 2. The van der Waals surface area contributed by atoms with Crippen LogP contribution in [0.25, 0.3) is 16.6 Å². The molecule has 2 atom stereocenters. The molecule has 3 aromatic rings. The zero-order valence-corrected chi connectivity index (χ0v) is 21.9. The Hall–Kier alpha value is -4.32. The lowest BCUT2D eigenvalue weighted by Crippen LogP contribution is -3.13. The Morgan fingerprint density at radius 3 is 1.91 bits per heavy atom. The molecule has 0 spiro atoms. The summed E-state index contributed by atoms with van der Waals surface area (Å²) in [7, 11) is 0. The Bertz CT molecular complexity index is 1360. The lowest BCUT2D eigenvalue weighted by atomic mass is 10.1. The second kappa shape index (κ2) is 14.7. The minimum atomic E-state index is -5.19. The molecule has 43 heavy (non-hydrogen) atoms. The van der Waals surface area contributed by atoms with Gasteiger partial charge in [-0.2, -0.15) is 31.4 Å². The van der Waals surface area contributed by atoms with Gasteiger partial charge in [-0.1, -0.05) is 24.3 Å². The molecule has 2 heterocycles. The maximum Gasteiger partial charge on any atom is 0.430 e. The summed E-state index contributed by atoms with van der Waals surface area (Å²) in [4.78, 5) is 30.1. The second-order valence-corrected chi connectivity index (χ2v) is 9.14. The molecule has 2 aromatic carbocycles. The lowest BCUT2D eigenvalue weighted by molar-refractivity contribution is -0.903. The molecule has 1 fully saturated rings. The zero-order valence-electron chi connectivity index (χ0n) is 21.9. The normalized spacial score (nSPS) is 17.0. The van der Waals surface area contributed by atoms with Crippen molar-refractivity contribution in [2.24, 2.45) is 5.73 Å². The van der Waals surface area contributed by atoms with Crippen LogP contribution in [0.15, 0.2) is 48.7 Å². The fraction of sp³-hybridized carbons (Fsp3) is 0.360. The number of quaternary nitrogens is 2. The molecule has 5 N–H and O–H groups in total. The smallest absolute Gasteiger partial charge is 0.430 e. The van der Waals surface area contributed by atoms with Gasteiger partial charge in [0.1, 0.15) is 50.2 Å². The number of aliphatic carboxylic acids is 2. The van der Waals surface area contributed by atoms with Crippen molar-refractivity contribution in [3.63, 3.8) is 0 Å². The predicted octanol–water partition coefficient (Wildman–Crippen LogP) is -1.64. The van der Waals surface area contributed by atoms with Crippen LogP contribution in [-0.4, -0.2) is 78.5 Å². The van der Waals surface area contributed by atoms with E-state index in [0.29, 0.717) is 11.1 Å². The van der Waals surface area contributed by atoms with E-state index >= 15 is 0 Å². The van der Waals surface area contributed by atoms with Gasteiger partial charge >= 0.3 is 12.4 Å². The third-order valence-corrected chi connectivity index (χ3v) is 5.91. The summed E-state index contributed by atoms with van der Waals surface area (Å²) in [6, 6.07) is 13.4. The molecule has 1 aromatic heterocycles. The van der Waals surface area contributed by atoms with Crippen LogP contribution >= 0.6 is 0 Å². The molecule has 10 nitrogen and oxygen atoms in total. The van der Waals surface area contributed by atoms with Crippen molar-refractivity contribution >= 4 is 28.7 Å². The molecule has 0 bridgehead atoms. The fourth-order valence-corrected chi connectivity index (χ4v) is 3.83. The van der Waals surface area contributed by atoms with Crippen molar-refractivity contribution in [2.75, 3.05) is 26.2 Å². The van der Waals surface area contributed by atoms with Gasteiger partial charge in [-0.15, -0.1) is 0 Å². The van der Waals surface area contributed by atoms with Crippen molar-refractivity contribution in [3.8, 4) is 5.69 Å². The standard InChI is InChI=1S/C21H23F2N5O.2C2HF3O2/c22-18-12-27(13-19(18)23)9-8-25-10-14-4-6-16(7-5-14)28-11-15-2-1-3-17(21(24)29)20(15)26-28;2*3-2(4,5)1(6)7/h1-7,11,18-19,25H,8-10,12-13H2,(H2,24,29);2*(H,6,7)/t18-,19-;;/m0../s1. The summed E-state index contributed by atoms with van der Waals surface area (Å²) >= 11 is 0. The van der Waals surface area contributed by atoms with Crippen LogP contribution < -0.4 is 26.2 Å². The second-order valence-electron chi connectivity index (χ2n) is 9.14. The number of rotatable bonds is 7. The Labute approximate surface area is 237 Å². The van der Waals surface area contributed by atoms with Crippen LogP contribution in [0.5, 0.6) is 0 Å². The summed E-state index contributed by atoms with van der Waals surface area (Å²) in [5.41, 5.74) is 8.48. The first-order valence-corrected chi connectivity index (χ1v) is 12.3. The van der Waals surface area contributed by atoms with Crippen molar-refractivity contribution < 1.29 is 69.9 Å². The van der Waals surface area contributed by atoms with Crippen LogP contribution in [-0.2, 0) is 16.1 Å². The minimum Gasteiger partial charge on any atom is -0.542 e. The third-order valence-electron chi connectivity index (χ3n) is 5.91. The van der Waals surface area contributed by atoms with E-state index in [9.17, 15) is 39.9 Å². The largest absolute Gasteiger partial charge is 0.542 e. The van der Waals surface area contributed by atoms with E-state index in [1.807, 2.05) is 36.5 Å². The first-order chi connectivity index (χ1) is 19.9. The Morgan fingerprint density at radius 1 is 0.930 bits per heavy atom. The highest BCUT2D eigenvalue weighted by molar-refractivity contribution is 6.04. The van der Waals surface area contributed by atoms with Crippen LogP contribution in [0.1, 0.15) is 15.9 Å². The molecule has 1 amide bonds. The van der Waals surface area contributed by atoms with Crippen molar-refractivity contribution in [1.82, 2.24) is 9.78 Å². The van der Waals surface area contributed by atoms with E-state index < -0.39 is 42.5 Å². The van der Waals surface area contributed by atoms with Gasteiger partial charge in [0.25, 0.3) is 5.91 Å². The van der Waals surface area contributed by atoms with Crippen LogP contribution in [0.4, 0.5) is 35.1 Å². The van der Waals surface area contributed by atoms with Crippen molar-refractivity contribution in [1.29, 1.82) is 0 Å². The van der Waals surface area contributed by atoms with Crippen LogP contribution in [0.3, 0.4) is 0 Å². The van der Waals surface area contributed by atoms with Gasteiger partial charge in [0.05, 0.1) is 11.3 Å². The number of likely N-dealkylation sites (tertiary alicyclic amines) is 1. The van der Waals surface area contributed by atoms with Gasteiger partial charge in [0, 0.05) is 17.1 Å². The average Bonchev–Trinajstić information content (AvgIpc) is 3.49. The number of carboxylic acids is 2. The zero-order chi connectivity index (χ0) is 32.5. The van der Waals surface area contributed by atoms with Crippen LogP contribution in [0.2, 0.25) is 0 Å². The maximum atomic E-state index is 13.2. The molecule has 0 saturated carbocycles. The van der Waals surface area contributed by atoms with Gasteiger partial charge in [0.15, 0.2) is 12.3 Å². The van der Waals surface area contributed by atoms with Gasteiger partial charge in [-0.25, -0.2) is 13.5 Å². The number of carboxylic acid groups (broad SMARTS) is 2. The fourth-order valence-electron chi connectivity index (χ4n) is 3.83. The summed E-state index contributed by atoms with van der Waals surface area (Å²) in [5.74, 6) is -6.51. The van der Waals surface area contributed by atoms with E-state index in [1.54, 1.807) is 16.8 Å². The van der Waals surface area contributed by atoms with E-state index in [-0.39, 0.29) is 13.1 Å². The van der Waals surface area contributed by atoms with Crippen molar-refractivity contribution in [2.45, 2.75) is 31.2 Å². The monoisotopic (exact) mass is 627 g/mol. The number of hydrogen-bond donors (Lipinski definition) is 3. The van der Waals surface area contributed by atoms with Gasteiger partial charge in [-0.05, 0) is 18.2 Å². The van der Waals surface area contributed by atoms with Gasteiger partial charge in [-0.3, -0.25) is 4.79 Å². The van der Waals surface area contributed by atoms with Crippen LogP contribution in [0, 0.1) is 0 Å². The topological polar surface area (TPSA) is 162 Å². The highest BCUT2D eigenvalue weighted by atomic mass is 19.4. The molecule has 4 rings (SSSR count). The number of nitrogens with one attached hydrogen (secondary N) is 1. The SMILES string of the molecule is NC(=O)c1cccc2cn(-c3ccc(C[NH2+]CC[NH+]4C[C@H](F)[C@@H](F)C4)cc3)nc12.O=C([O-])C(F)(F)F.O=C([O-])C(F)(F)F. The molecule has 0 radical (unpaired) electrons. The first kappa shape index (κ1) is 34.9. The quantitative estimate of drug-likeness (QED) is 0.210. The molecule has 236 valence electrons. The Kier molecular flexibility index (Phi) is 11.9. The highest BCUT2D eigenvalue weighted by Gasteiger charge is 2.36. The number of primary amides is 1. The number of carbonyl (C=O) groups is 3. The third kappa shape index (κ3) is 10.8. The van der Waals surface area contributed by atoms with Gasteiger partial charge in [0.2, 0.25) is 0 Å². The molecule has 1 aliphatic rings. The number of carbonyl (C=O) groups excluding carboxylic acids is 3. The van der Waals surface area contributed by atoms with E-state index in [4.69, 9.17) is 25.5 Å². The molecular weight excluding hydrogens is 602 g/mol. The van der Waals surface area contributed by atoms with Gasteiger partial charge < -0.3 is 35.8 Å². The summed E-state index contributed by atoms with van der Waals surface area (Å²) < 4.78 is 91.3. The summed E-state index contributed by atoms with van der Waals surface area (Å²) in [6.45, 7) is 2.95. The maximum absolute atomic E-state index is 13.2. The first-order valence-electron chi connectivity index (χ1n) is 12.3. The number of halogens is 8. The van der Waals surface area contributed by atoms with E-state index in [1.165, 1.54) is 0 Å². The minimum absolute atomic E-state index is 0.277. The summed E-state index contributed by atoms with van der Waals surface area (Å²) in [6.07, 6.45) is -11.1. The molecule has 18 heteroatoms. The molecule has 1 aliphatic heterocycles. The molecule has 1 saturated heterocycles. The van der Waals surface area contributed by atoms with Crippen molar-refractivity contribution in [3.05, 3.63) is 59.8 Å². The number of fused-ring (bicyclic) bond motifs is 1. The number of amides is 1. The number of nitrogens with zero attached hydrogens (tertiary/aromatic N) is 2. The number of aromatic nitrogens is 2.